The molecule has 0 amide bonds. The maximum Gasteiger partial charge on any atom is 0.305 e. The van der Waals surface area contributed by atoms with Crippen molar-refractivity contribution in [2.45, 2.75) is 70.6 Å². The molecule has 1 saturated carbocycles. The Morgan fingerprint density at radius 3 is 2.26 bits per heavy atom. The molecule has 2 fully saturated rings. The van der Waals surface area contributed by atoms with Crippen molar-refractivity contribution in [3.8, 4) is 5.75 Å². The number of hydrogen-bond donors (Lipinski definition) is 0. The summed E-state index contributed by atoms with van der Waals surface area (Å²) in [6.45, 7) is 7.67. The van der Waals surface area contributed by atoms with Gasteiger partial charge in [-0.2, -0.15) is 8.78 Å². The lowest BCUT2D eigenvalue weighted by atomic mass is 10.1. The average molecular weight is 610 g/mol. The zero-order chi connectivity index (χ0) is 31.2. The molecular weight excluding hydrogens is 560 g/mol. The van der Waals surface area contributed by atoms with E-state index < -0.39 is 17.6 Å². The molecule has 242 valence electrons. The second kappa shape index (κ2) is 21.6. The molecule has 0 spiro atoms. The van der Waals surface area contributed by atoms with Crippen LogP contribution in [0.4, 0.5) is 8.78 Å². The number of para-hydroxylation sites is 1. The maximum atomic E-state index is 13.6. The Balaban J connectivity index is 0.000000315. The minimum absolute atomic E-state index is 0.105. The molecular formula is C32H49F2N3O6. The average Bonchev–Trinajstić information content (AvgIpc) is 3.53. The SMILES string of the molecule is C/C=C\CCCC(=O)OCCCN1CCN(CCCO[N+](=O)[O-])CC1.FC(F)(/C=C/C1CCCC1)COc1ccccc1. The van der Waals surface area contributed by atoms with E-state index in [1.165, 1.54) is 0 Å². The van der Waals surface area contributed by atoms with Gasteiger partial charge in [0.2, 0.25) is 0 Å². The fourth-order valence-corrected chi connectivity index (χ4v) is 4.91. The molecule has 1 heterocycles. The van der Waals surface area contributed by atoms with Gasteiger partial charge in [0.1, 0.15) is 5.75 Å². The summed E-state index contributed by atoms with van der Waals surface area (Å²) in [7, 11) is 0. The summed E-state index contributed by atoms with van der Waals surface area (Å²) in [5.41, 5.74) is 0. The van der Waals surface area contributed by atoms with Crippen LogP contribution in [0, 0.1) is 16.0 Å². The predicted octanol–water partition coefficient (Wildman–Crippen LogP) is 6.33. The second-order valence-electron chi connectivity index (χ2n) is 10.9. The van der Waals surface area contributed by atoms with Crippen molar-refractivity contribution in [1.82, 2.24) is 9.80 Å². The molecule has 0 atom stereocenters. The van der Waals surface area contributed by atoms with E-state index in [9.17, 15) is 23.7 Å². The highest BCUT2D eigenvalue weighted by atomic mass is 19.3. The third-order valence-electron chi connectivity index (χ3n) is 7.34. The minimum atomic E-state index is -2.89. The number of esters is 1. The van der Waals surface area contributed by atoms with Crippen LogP contribution in [0.2, 0.25) is 0 Å². The molecule has 0 unspecified atom stereocenters. The molecule has 0 radical (unpaired) electrons. The Morgan fingerprint density at radius 1 is 1.02 bits per heavy atom. The molecule has 2 aliphatic rings. The highest BCUT2D eigenvalue weighted by Gasteiger charge is 2.27. The molecule has 3 rings (SSSR count). The van der Waals surface area contributed by atoms with Gasteiger partial charge in [-0.15, -0.1) is 10.1 Å². The summed E-state index contributed by atoms with van der Waals surface area (Å²) >= 11 is 0. The summed E-state index contributed by atoms with van der Waals surface area (Å²) in [6, 6.07) is 8.71. The first-order chi connectivity index (χ1) is 20.8. The third kappa shape index (κ3) is 18.3. The van der Waals surface area contributed by atoms with Crippen LogP contribution in [0.15, 0.2) is 54.6 Å². The maximum absolute atomic E-state index is 13.6. The molecule has 0 aromatic heterocycles. The van der Waals surface area contributed by atoms with Crippen molar-refractivity contribution in [3.63, 3.8) is 0 Å². The fourth-order valence-electron chi connectivity index (χ4n) is 4.91. The van der Waals surface area contributed by atoms with Crippen LogP contribution in [0.1, 0.15) is 64.7 Å². The lowest BCUT2D eigenvalue weighted by Crippen LogP contribution is -2.47. The number of allylic oxidation sites excluding steroid dienone is 3. The number of halogens is 2. The number of carbonyl (C=O) groups is 1. The quantitative estimate of drug-likeness (QED) is 0.0627. The molecule has 1 aromatic rings. The number of carbonyl (C=O) groups excluding carboxylic acids is 1. The van der Waals surface area contributed by atoms with E-state index in [0.29, 0.717) is 31.1 Å². The summed E-state index contributed by atoms with van der Waals surface area (Å²) in [5, 5.41) is 9.33. The molecule has 11 heteroatoms. The van der Waals surface area contributed by atoms with Crippen molar-refractivity contribution in [1.29, 1.82) is 0 Å². The van der Waals surface area contributed by atoms with Crippen molar-refractivity contribution >= 4 is 5.97 Å². The first kappa shape index (κ1) is 36.1. The molecule has 43 heavy (non-hydrogen) atoms. The van der Waals surface area contributed by atoms with E-state index in [-0.39, 0.29) is 12.6 Å². The highest BCUT2D eigenvalue weighted by molar-refractivity contribution is 5.69. The highest BCUT2D eigenvalue weighted by Crippen LogP contribution is 2.28. The van der Waals surface area contributed by atoms with Crippen LogP contribution in [0.5, 0.6) is 5.75 Å². The van der Waals surface area contributed by atoms with Crippen LogP contribution in [-0.4, -0.2) is 85.9 Å². The van der Waals surface area contributed by atoms with Crippen LogP contribution in [0.3, 0.4) is 0 Å². The van der Waals surface area contributed by atoms with Crippen molar-refractivity contribution < 1.29 is 33.0 Å². The molecule has 0 N–H and O–H groups in total. The first-order valence-electron chi connectivity index (χ1n) is 15.5. The van der Waals surface area contributed by atoms with Gasteiger partial charge in [-0.3, -0.25) is 4.79 Å². The number of nitrogens with zero attached hydrogens (tertiary/aromatic N) is 3. The Morgan fingerprint density at radius 2 is 1.65 bits per heavy atom. The molecule has 1 aromatic carbocycles. The van der Waals surface area contributed by atoms with Crippen LogP contribution in [-0.2, 0) is 14.4 Å². The zero-order valence-corrected chi connectivity index (χ0v) is 25.5. The van der Waals surface area contributed by atoms with Gasteiger partial charge in [0.15, 0.2) is 6.61 Å². The molecule has 9 nitrogen and oxygen atoms in total. The van der Waals surface area contributed by atoms with E-state index in [0.717, 1.165) is 90.3 Å². The first-order valence-corrected chi connectivity index (χ1v) is 15.5. The van der Waals surface area contributed by atoms with Crippen LogP contribution < -0.4 is 4.74 Å². The number of rotatable bonds is 18. The van der Waals surface area contributed by atoms with Gasteiger partial charge in [-0.05, 0) is 69.6 Å². The van der Waals surface area contributed by atoms with E-state index in [2.05, 4.69) is 20.7 Å². The number of hydrogen-bond acceptors (Lipinski definition) is 8. The van der Waals surface area contributed by atoms with Crippen molar-refractivity contribution in [2.24, 2.45) is 5.92 Å². The molecule has 1 aliphatic heterocycles. The normalized spacial score (nSPS) is 16.7. The Bertz CT molecular complexity index is 950. The van der Waals surface area contributed by atoms with Crippen molar-refractivity contribution in [2.75, 3.05) is 59.1 Å². The van der Waals surface area contributed by atoms with Crippen molar-refractivity contribution in [3.05, 3.63) is 64.8 Å². The van der Waals surface area contributed by atoms with Gasteiger partial charge < -0.3 is 24.1 Å². The predicted molar refractivity (Wildman–Crippen MR) is 163 cm³/mol. The van der Waals surface area contributed by atoms with E-state index in [1.807, 2.05) is 19.1 Å². The monoisotopic (exact) mass is 609 g/mol. The fraction of sp³-hybridized carbons (Fsp3) is 0.656. The van der Waals surface area contributed by atoms with Gasteiger partial charge in [0, 0.05) is 45.7 Å². The number of alkyl halides is 2. The summed E-state index contributed by atoms with van der Waals surface area (Å²) in [6.07, 6.45) is 14.9. The van der Waals surface area contributed by atoms with Crippen LogP contribution >= 0.6 is 0 Å². The lowest BCUT2D eigenvalue weighted by Gasteiger charge is -2.34. The largest absolute Gasteiger partial charge is 0.487 e. The molecule has 1 saturated heterocycles. The molecule has 1 aliphatic carbocycles. The summed E-state index contributed by atoms with van der Waals surface area (Å²) in [5.74, 6) is -2.19. The Labute approximate surface area is 254 Å². The standard InChI is InChI=1S/C17H31N3O5.C15H18F2O/c1-2-3-4-5-8-17(21)24-15-6-9-18-11-13-19(14-12-18)10-7-16-25-20(22)23;16-15(17,11-10-13-6-4-5-7-13)12-18-14-8-2-1-3-9-14/h2-3H,4-16H2,1H3;1-3,8-11,13H,4-7,12H2/b3-2-;11-10+. The summed E-state index contributed by atoms with van der Waals surface area (Å²) in [4.78, 5) is 30.6. The topological polar surface area (TPSA) is 94.4 Å². The Kier molecular flexibility index (Phi) is 18.2. The number of ether oxygens (including phenoxy) is 2. The van der Waals surface area contributed by atoms with Gasteiger partial charge in [0.05, 0.1) is 13.2 Å². The number of piperazine rings is 1. The van der Waals surface area contributed by atoms with Crippen LogP contribution in [0.25, 0.3) is 0 Å². The summed E-state index contributed by atoms with van der Waals surface area (Å²) < 4.78 is 37.4. The Hall–Kier alpha value is -3.05. The zero-order valence-electron chi connectivity index (χ0n) is 25.5. The van der Waals surface area contributed by atoms with E-state index in [4.69, 9.17) is 9.47 Å². The van der Waals surface area contributed by atoms with Gasteiger partial charge in [-0.25, -0.2) is 0 Å². The number of unbranched alkanes of at least 4 members (excludes halogenated alkanes) is 1. The van der Waals surface area contributed by atoms with Gasteiger partial charge >= 0.3 is 5.97 Å². The third-order valence-corrected chi connectivity index (χ3v) is 7.34. The van der Waals surface area contributed by atoms with Gasteiger partial charge in [0.25, 0.3) is 11.0 Å². The minimum Gasteiger partial charge on any atom is -0.487 e. The molecule has 0 bridgehead atoms. The van der Waals surface area contributed by atoms with E-state index >= 15 is 0 Å². The van der Waals surface area contributed by atoms with Gasteiger partial charge in [-0.1, -0.05) is 49.3 Å². The second-order valence-corrected chi connectivity index (χ2v) is 10.9. The lowest BCUT2D eigenvalue weighted by molar-refractivity contribution is -0.757. The van der Waals surface area contributed by atoms with E-state index in [1.54, 1.807) is 30.3 Å². The number of benzene rings is 1. The smallest absolute Gasteiger partial charge is 0.305 e.